The van der Waals surface area contributed by atoms with Gasteiger partial charge in [0, 0.05) is 5.69 Å². The molecule has 0 fully saturated rings. The van der Waals surface area contributed by atoms with Crippen molar-refractivity contribution in [3.05, 3.63) is 80.8 Å². The molecular formula is C21H17Cl4N3O5S2. The number of amides is 1. The highest BCUT2D eigenvalue weighted by molar-refractivity contribution is 7.92. The molecule has 0 aromatic heterocycles. The van der Waals surface area contributed by atoms with Crippen molar-refractivity contribution in [1.82, 2.24) is 0 Å². The van der Waals surface area contributed by atoms with Gasteiger partial charge in [-0.2, -0.15) is 0 Å². The molecule has 3 aromatic carbocycles. The van der Waals surface area contributed by atoms with Gasteiger partial charge in [-0.05, 0) is 54.6 Å². The molecule has 3 aromatic rings. The molecule has 0 aliphatic carbocycles. The Labute approximate surface area is 222 Å². The van der Waals surface area contributed by atoms with Crippen LogP contribution in [0.5, 0.6) is 0 Å². The van der Waals surface area contributed by atoms with Crippen molar-refractivity contribution in [2.45, 2.75) is 4.90 Å². The monoisotopic (exact) mass is 595 g/mol. The molecule has 0 radical (unpaired) electrons. The number of carbonyl (C=O) groups excluding carboxylic acids is 1. The van der Waals surface area contributed by atoms with Crippen LogP contribution in [-0.4, -0.2) is 35.5 Å². The topological polar surface area (TPSA) is 113 Å². The summed E-state index contributed by atoms with van der Waals surface area (Å²) in [6.07, 6.45) is 0.946. The van der Waals surface area contributed by atoms with E-state index < -0.39 is 32.5 Å². The van der Waals surface area contributed by atoms with E-state index in [2.05, 4.69) is 10.0 Å². The number of hydrogen-bond donors (Lipinski definition) is 2. The molecule has 186 valence electrons. The number of rotatable bonds is 8. The quantitative estimate of drug-likeness (QED) is 0.356. The van der Waals surface area contributed by atoms with Gasteiger partial charge in [0.25, 0.3) is 10.0 Å². The van der Waals surface area contributed by atoms with Crippen molar-refractivity contribution in [3.8, 4) is 0 Å². The van der Waals surface area contributed by atoms with Crippen LogP contribution in [0.2, 0.25) is 20.1 Å². The molecule has 0 spiro atoms. The summed E-state index contributed by atoms with van der Waals surface area (Å²) in [5.41, 5.74) is 0.515. The second kappa shape index (κ2) is 10.8. The Bertz CT molecular complexity index is 1480. The Kier molecular flexibility index (Phi) is 8.46. The van der Waals surface area contributed by atoms with E-state index in [-0.39, 0.29) is 42.0 Å². The average Bonchev–Trinajstić information content (AvgIpc) is 2.77. The van der Waals surface area contributed by atoms with Crippen LogP contribution in [0.3, 0.4) is 0 Å². The molecule has 3 rings (SSSR count). The summed E-state index contributed by atoms with van der Waals surface area (Å²) in [4.78, 5) is 12.5. The average molecular weight is 597 g/mol. The third kappa shape index (κ3) is 6.93. The normalized spacial score (nSPS) is 11.7. The van der Waals surface area contributed by atoms with Crippen molar-refractivity contribution in [2.75, 3.05) is 27.1 Å². The van der Waals surface area contributed by atoms with Crippen molar-refractivity contribution in [2.24, 2.45) is 0 Å². The maximum absolute atomic E-state index is 12.7. The highest BCUT2D eigenvalue weighted by Crippen LogP contribution is 2.31. The largest absolute Gasteiger partial charge is 0.325 e. The second-order valence-corrected chi connectivity index (χ2v) is 12.3. The first-order valence-electron chi connectivity index (χ1n) is 9.57. The molecule has 8 nitrogen and oxygen atoms in total. The standard InChI is InChI=1S/C21H17Cl4N3O5S2/c1-34(30,31)28(14-7-10-16(22)18(24)11-14)12-20(29)26-13-5-8-15(9-6-13)35(32,33)27-19-4-2-3-17(23)21(19)25/h2-11,27H,12H2,1H3,(H,26,29). The maximum Gasteiger partial charge on any atom is 0.261 e. The minimum Gasteiger partial charge on any atom is -0.325 e. The lowest BCUT2D eigenvalue weighted by Gasteiger charge is -2.22. The fourth-order valence-electron chi connectivity index (χ4n) is 2.87. The fourth-order valence-corrected chi connectivity index (χ4v) is 5.49. The van der Waals surface area contributed by atoms with Gasteiger partial charge >= 0.3 is 0 Å². The van der Waals surface area contributed by atoms with Crippen molar-refractivity contribution >= 4 is 89.4 Å². The summed E-state index contributed by atoms with van der Waals surface area (Å²) in [7, 11) is -7.83. The lowest BCUT2D eigenvalue weighted by molar-refractivity contribution is -0.114. The summed E-state index contributed by atoms with van der Waals surface area (Å²) in [6.45, 7) is -0.550. The SMILES string of the molecule is CS(=O)(=O)N(CC(=O)Nc1ccc(S(=O)(=O)Nc2cccc(Cl)c2Cl)cc1)c1ccc(Cl)c(Cl)c1. The zero-order chi connectivity index (χ0) is 26.0. The molecule has 0 saturated heterocycles. The van der Waals surface area contributed by atoms with E-state index in [1.807, 2.05) is 0 Å². The third-order valence-corrected chi connectivity index (χ3v) is 8.60. The van der Waals surface area contributed by atoms with Gasteiger partial charge in [0.15, 0.2) is 0 Å². The zero-order valence-corrected chi connectivity index (χ0v) is 22.5. The second-order valence-electron chi connectivity index (χ2n) is 7.15. The molecule has 0 unspecified atom stereocenters. The number of hydrogen-bond acceptors (Lipinski definition) is 5. The number of nitrogens with one attached hydrogen (secondary N) is 2. The van der Waals surface area contributed by atoms with E-state index in [0.29, 0.717) is 0 Å². The van der Waals surface area contributed by atoms with E-state index >= 15 is 0 Å². The molecule has 35 heavy (non-hydrogen) atoms. The minimum absolute atomic E-state index is 0.0547. The Hall–Kier alpha value is -2.21. The Morgan fingerprint density at radius 2 is 1.51 bits per heavy atom. The van der Waals surface area contributed by atoms with E-state index in [9.17, 15) is 21.6 Å². The number of sulfonamides is 2. The van der Waals surface area contributed by atoms with Crippen molar-refractivity contribution < 1.29 is 21.6 Å². The van der Waals surface area contributed by atoms with Crippen LogP contribution >= 0.6 is 46.4 Å². The van der Waals surface area contributed by atoms with Crippen LogP contribution < -0.4 is 14.3 Å². The van der Waals surface area contributed by atoms with Gasteiger partial charge in [-0.25, -0.2) is 16.8 Å². The number of benzene rings is 3. The zero-order valence-electron chi connectivity index (χ0n) is 17.8. The Morgan fingerprint density at radius 1 is 0.857 bits per heavy atom. The predicted molar refractivity (Wildman–Crippen MR) is 141 cm³/mol. The first-order chi connectivity index (χ1) is 16.3. The summed E-state index contributed by atoms with van der Waals surface area (Å²) in [5, 5.41) is 3.13. The Morgan fingerprint density at radius 3 is 2.11 bits per heavy atom. The van der Waals surface area contributed by atoms with Crippen LogP contribution in [0.1, 0.15) is 0 Å². The first kappa shape index (κ1) is 27.4. The number of carbonyl (C=O) groups is 1. The molecule has 2 N–H and O–H groups in total. The van der Waals surface area contributed by atoms with Crippen LogP contribution in [-0.2, 0) is 24.8 Å². The molecule has 0 atom stereocenters. The van der Waals surface area contributed by atoms with Gasteiger partial charge < -0.3 is 5.32 Å². The van der Waals surface area contributed by atoms with Gasteiger partial charge in [-0.3, -0.25) is 13.8 Å². The fraction of sp³-hybridized carbons (Fsp3) is 0.0952. The highest BCUT2D eigenvalue weighted by Gasteiger charge is 2.22. The van der Waals surface area contributed by atoms with Gasteiger partial charge in [0.05, 0.1) is 42.6 Å². The smallest absolute Gasteiger partial charge is 0.261 e. The van der Waals surface area contributed by atoms with Crippen LogP contribution in [0.4, 0.5) is 17.1 Å². The molecule has 0 aliphatic rings. The third-order valence-electron chi connectivity index (χ3n) is 4.52. The number of anilines is 3. The first-order valence-corrected chi connectivity index (χ1v) is 14.4. The lowest BCUT2D eigenvalue weighted by atomic mass is 10.3. The molecular weight excluding hydrogens is 580 g/mol. The Balaban J connectivity index is 1.74. The minimum atomic E-state index is -4.00. The van der Waals surface area contributed by atoms with Gasteiger partial charge in [0.2, 0.25) is 15.9 Å². The maximum atomic E-state index is 12.7. The van der Waals surface area contributed by atoms with Crippen LogP contribution in [0.15, 0.2) is 65.6 Å². The van der Waals surface area contributed by atoms with Gasteiger partial charge in [0.1, 0.15) is 6.54 Å². The molecule has 0 aliphatic heterocycles. The molecule has 0 bridgehead atoms. The molecule has 0 heterocycles. The summed E-state index contributed by atoms with van der Waals surface area (Å²) >= 11 is 23.8. The van der Waals surface area contributed by atoms with Gasteiger partial charge in [-0.1, -0.05) is 52.5 Å². The molecule has 0 saturated carbocycles. The van der Waals surface area contributed by atoms with E-state index in [4.69, 9.17) is 46.4 Å². The number of nitrogens with zero attached hydrogens (tertiary/aromatic N) is 1. The summed E-state index contributed by atoms with van der Waals surface area (Å²) in [5.74, 6) is -0.666. The molecule has 14 heteroatoms. The van der Waals surface area contributed by atoms with E-state index in [0.717, 1.165) is 10.6 Å². The van der Waals surface area contributed by atoms with Crippen LogP contribution in [0, 0.1) is 0 Å². The van der Waals surface area contributed by atoms with Crippen LogP contribution in [0.25, 0.3) is 0 Å². The van der Waals surface area contributed by atoms with Crippen molar-refractivity contribution in [1.29, 1.82) is 0 Å². The summed E-state index contributed by atoms with van der Waals surface area (Å²) < 4.78 is 53.0. The van der Waals surface area contributed by atoms with E-state index in [1.165, 1.54) is 54.6 Å². The summed E-state index contributed by atoms with van der Waals surface area (Å²) in [6, 6.07) is 13.9. The highest BCUT2D eigenvalue weighted by atomic mass is 35.5. The lowest BCUT2D eigenvalue weighted by Crippen LogP contribution is -2.37. The predicted octanol–water partition coefficient (Wildman–Crippen LogP) is 5.51. The van der Waals surface area contributed by atoms with Crippen molar-refractivity contribution in [3.63, 3.8) is 0 Å². The van der Waals surface area contributed by atoms with E-state index in [1.54, 1.807) is 6.07 Å². The molecule has 1 amide bonds. The van der Waals surface area contributed by atoms with Gasteiger partial charge in [-0.15, -0.1) is 0 Å². The number of halogens is 4.